The Balaban J connectivity index is 1.66. The standard InChI is InChI=1S/C16H20N4S/c1-19-9-11-20(12-10-19)18-16(21)17-15-8-4-6-13-5-2-3-7-14(13)15/h2-8H,9-12H2,1H3,(H2,17,18,21). The number of hydrogen-bond acceptors (Lipinski definition) is 3. The van der Waals surface area contributed by atoms with Crippen LogP contribution >= 0.6 is 12.2 Å². The molecule has 0 aliphatic carbocycles. The number of hydrazine groups is 1. The Morgan fingerprint density at radius 1 is 1.00 bits per heavy atom. The highest BCUT2D eigenvalue weighted by atomic mass is 32.1. The summed E-state index contributed by atoms with van der Waals surface area (Å²) in [5.41, 5.74) is 4.32. The van der Waals surface area contributed by atoms with Gasteiger partial charge in [-0.15, -0.1) is 0 Å². The van der Waals surface area contributed by atoms with Crippen molar-refractivity contribution < 1.29 is 0 Å². The molecule has 1 saturated heterocycles. The third-order valence-electron chi connectivity index (χ3n) is 3.80. The van der Waals surface area contributed by atoms with Gasteiger partial charge in [-0.05, 0) is 30.7 Å². The fraction of sp³-hybridized carbons (Fsp3) is 0.312. The van der Waals surface area contributed by atoms with Gasteiger partial charge in [0.15, 0.2) is 5.11 Å². The molecule has 0 saturated carbocycles. The second-order valence-corrected chi connectivity index (χ2v) is 5.79. The first-order chi connectivity index (χ1) is 10.2. The Kier molecular flexibility index (Phi) is 4.34. The molecule has 4 nitrogen and oxygen atoms in total. The second kappa shape index (κ2) is 6.39. The number of likely N-dealkylation sites (N-methyl/N-ethyl adjacent to an activating group) is 1. The lowest BCUT2D eigenvalue weighted by Crippen LogP contribution is -2.53. The van der Waals surface area contributed by atoms with Crippen molar-refractivity contribution in [3.8, 4) is 0 Å². The molecule has 0 atom stereocenters. The smallest absolute Gasteiger partial charge is 0.185 e. The molecule has 2 N–H and O–H groups in total. The Labute approximate surface area is 130 Å². The van der Waals surface area contributed by atoms with E-state index in [1.807, 2.05) is 18.2 Å². The van der Waals surface area contributed by atoms with Crippen molar-refractivity contribution in [1.29, 1.82) is 0 Å². The first-order valence-corrected chi connectivity index (χ1v) is 7.62. The molecule has 1 aliphatic rings. The normalized spacial score (nSPS) is 16.8. The molecule has 0 spiro atoms. The molecule has 110 valence electrons. The maximum atomic E-state index is 5.43. The highest BCUT2D eigenvalue weighted by Gasteiger charge is 2.14. The molecule has 21 heavy (non-hydrogen) atoms. The van der Waals surface area contributed by atoms with Gasteiger partial charge >= 0.3 is 0 Å². The van der Waals surface area contributed by atoms with Gasteiger partial charge in [-0.1, -0.05) is 36.4 Å². The Morgan fingerprint density at radius 3 is 2.52 bits per heavy atom. The van der Waals surface area contributed by atoms with Gasteiger partial charge in [-0.25, -0.2) is 5.01 Å². The van der Waals surface area contributed by atoms with Crippen LogP contribution in [0.4, 0.5) is 5.69 Å². The summed E-state index contributed by atoms with van der Waals surface area (Å²) in [6, 6.07) is 14.5. The number of fused-ring (bicyclic) bond motifs is 1. The Morgan fingerprint density at radius 2 is 1.71 bits per heavy atom. The molecular weight excluding hydrogens is 280 g/mol. The maximum absolute atomic E-state index is 5.43. The lowest BCUT2D eigenvalue weighted by atomic mass is 10.1. The van der Waals surface area contributed by atoms with Crippen LogP contribution in [-0.4, -0.2) is 48.2 Å². The zero-order valence-corrected chi connectivity index (χ0v) is 13.0. The van der Waals surface area contributed by atoms with E-state index in [4.69, 9.17) is 12.2 Å². The third-order valence-corrected chi connectivity index (χ3v) is 3.99. The second-order valence-electron chi connectivity index (χ2n) is 5.38. The van der Waals surface area contributed by atoms with Crippen LogP contribution in [0, 0.1) is 0 Å². The minimum Gasteiger partial charge on any atom is -0.331 e. The van der Waals surface area contributed by atoms with Gasteiger partial charge in [0, 0.05) is 37.3 Å². The van der Waals surface area contributed by atoms with Crippen molar-refractivity contribution in [2.24, 2.45) is 0 Å². The Bertz CT molecular complexity index is 630. The molecule has 0 amide bonds. The van der Waals surface area contributed by atoms with E-state index in [1.165, 1.54) is 10.8 Å². The summed E-state index contributed by atoms with van der Waals surface area (Å²) in [4.78, 5) is 2.32. The summed E-state index contributed by atoms with van der Waals surface area (Å²) in [5, 5.41) is 8.52. The zero-order chi connectivity index (χ0) is 14.7. The first-order valence-electron chi connectivity index (χ1n) is 7.21. The van der Waals surface area contributed by atoms with E-state index in [0.29, 0.717) is 5.11 Å². The van der Waals surface area contributed by atoms with E-state index in [2.05, 4.69) is 52.0 Å². The van der Waals surface area contributed by atoms with E-state index in [1.54, 1.807) is 0 Å². The van der Waals surface area contributed by atoms with Gasteiger partial charge < -0.3 is 10.2 Å². The van der Waals surface area contributed by atoms with Gasteiger partial charge in [-0.2, -0.15) is 0 Å². The number of nitrogens with zero attached hydrogens (tertiary/aromatic N) is 2. The molecule has 5 heteroatoms. The number of nitrogens with one attached hydrogen (secondary N) is 2. The van der Waals surface area contributed by atoms with E-state index in [0.717, 1.165) is 31.9 Å². The molecule has 2 aromatic rings. The van der Waals surface area contributed by atoms with E-state index in [9.17, 15) is 0 Å². The summed E-state index contributed by atoms with van der Waals surface area (Å²) in [6.45, 7) is 4.08. The minimum atomic E-state index is 0.649. The molecule has 1 heterocycles. The molecule has 0 aromatic heterocycles. The molecule has 1 aliphatic heterocycles. The number of thiocarbonyl (C=S) groups is 1. The summed E-state index contributed by atoms with van der Waals surface area (Å²) >= 11 is 5.43. The van der Waals surface area contributed by atoms with Crippen molar-refractivity contribution >= 4 is 33.8 Å². The fourth-order valence-electron chi connectivity index (χ4n) is 2.55. The molecule has 0 bridgehead atoms. The number of benzene rings is 2. The highest BCUT2D eigenvalue weighted by Crippen LogP contribution is 2.22. The largest absolute Gasteiger partial charge is 0.331 e. The summed E-state index contributed by atoms with van der Waals surface area (Å²) in [5.74, 6) is 0. The van der Waals surface area contributed by atoms with Crippen molar-refractivity contribution in [2.75, 3.05) is 38.5 Å². The third kappa shape index (κ3) is 3.50. The van der Waals surface area contributed by atoms with Gasteiger partial charge in [0.1, 0.15) is 0 Å². The SMILES string of the molecule is CN1CCN(NC(=S)Nc2cccc3ccccc23)CC1. The van der Waals surface area contributed by atoms with Crippen LogP contribution in [0.5, 0.6) is 0 Å². The van der Waals surface area contributed by atoms with Crippen LogP contribution in [0.1, 0.15) is 0 Å². The fourth-order valence-corrected chi connectivity index (χ4v) is 2.79. The topological polar surface area (TPSA) is 30.5 Å². The van der Waals surface area contributed by atoms with Crippen LogP contribution in [0.3, 0.4) is 0 Å². The van der Waals surface area contributed by atoms with E-state index in [-0.39, 0.29) is 0 Å². The quantitative estimate of drug-likeness (QED) is 0.831. The summed E-state index contributed by atoms with van der Waals surface area (Å²) in [7, 11) is 2.14. The van der Waals surface area contributed by atoms with Gasteiger partial charge in [-0.3, -0.25) is 5.43 Å². The number of anilines is 1. The van der Waals surface area contributed by atoms with Gasteiger partial charge in [0.05, 0.1) is 0 Å². The number of piperazine rings is 1. The maximum Gasteiger partial charge on any atom is 0.185 e. The molecular formula is C16H20N4S. The van der Waals surface area contributed by atoms with Crippen LogP contribution in [0.15, 0.2) is 42.5 Å². The molecule has 0 radical (unpaired) electrons. The average molecular weight is 300 g/mol. The van der Waals surface area contributed by atoms with Crippen molar-refractivity contribution in [3.63, 3.8) is 0 Å². The monoisotopic (exact) mass is 300 g/mol. The average Bonchev–Trinajstić information content (AvgIpc) is 2.50. The van der Waals surface area contributed by atoms with Crippen LogP contribution in [0.25, 0.3) is 10.8 Å². The van der Waals surface area contributed by atoms with Crippen molar-refractivity contribution in [3.05, 3.63) is 42.5 Å². The number of rotatable bonds is 2. The van der Waals surface area contributed by atoms with Crippen LogP contribution in [0.2, 0.25) is 0 Å². The van der Waals surface area contributed by atoms with E-state index >= 15 is 0 Å². The van der Waals surface area contributed by atoms with Crippen LogP contribution < -0.4 is 10.7 Å². The summed E-state index contributed by atoms with van der Waals surface area (Å²) < 4.78 is 0. The molecule has 3 rings (SSSR count). The molecule has 2 aromatic carbocycles. The summed E-state index contributed by atoms with van der Waals surface area (Å²) in [6.07, 6.45) is 0. The zero-order valence-electron chi connectivity index (χ0n) is 12.2. The predicted molar refractivity (Wildman–Crippen MR) is 92.4 cm³/mol. The van der Waals surface area contributed by atoms with Crippen molar-refractivity contribution in [1.82, 2.24) is 15.3 Å². The van der Waals surface area contributed by atoms with Crippen LogP contribution in [-0.2, 0) is 0 Å². The lowest BCUT2D eigenvalue weighted by Gasteiger charge is -2.33. The van der Waals surface area contributed by atoms with Gasteiger partial charge in [0.25, 0.3) is 0 Å². The molecule has 0 unspecified atom stereocenters. The Hall–Kier alpha value is -1.69. The highest BCUT2D eigenvalue weighted by molar-refractivity contribution is 7.80. The van der Waals surface area contributed by atoms with Gasteiger partial charge in [0.2, 0.25) is 0 Å². The van der Waals surface area contributed by atoms with E-state index < -0.39 is 0 Å². The first kappa shape index (κ1) is 14.3. The molecule has 1 fully saturated rings. The van der Waals surface area contributed by atoms with Crippen molar-refractivity contribution in [2.45, 2.75) is 0 Å². The number of hydrogen-bond donors (Lipinski definition) is 2. The minimum absolute atomic E-state index is 0.649. The predicted octanol–water partition coefficient (Wildman–Crippen LogP) is 2.29. The lowest BCUT2D eigenvalue weighted by molar-refractivity contribution is 0.131.